The van der Waals surface area contributed by atoms with Crippen molar-refractivity contribution in [1.82, 2.24) is 30.1 Å². The molecule has 2 aromatic carbocycles. The number of H-pyrrole nitrogens is 1. The molecule has 11 heteroatoms. The van der Waals surface area contributed by atoms with Gasteiger partial charge in [0.2, 0.25) is 6.79 Å². The second-order valence-corrected chi connectivity index (χ2v) is 8.98. The highest BCUT2D eigenvalue weighted by molar-refractivity contribution is 5.83. The Balaban J connectivity index is 1.41. The normalized spacial score (nSPS) is 16.2. The van der Waals surface area contributed by atoms with Crippen LogP contribution in [0.2, 0.25) is 0 Å². The molecule has 0 saturated carbocycles. The Bertz CT molecular complexity index is 1530. The fraction of sp³-hybridized carbons (Fsp3) is 0.308. The second-order valence-electron chi connectivity index (χ2n) is 8.98. The van der Waals surface area contributed by atoms with Crippen molar-refractivity contribution in [3.8, 4) is 11.5 Å². The van der Waals surface area contributed by atoms with Gasteiger partial charge in [-0.05, 0) is 52.2 Å². The summed E-state index contributed by atoms with van der Waals surface area (Å²) in [7, 11) is 1.62. The van der Waals surface area contributed by atoms with E-state index in [1.807, 2.05) is 12.1 Å². The molecule has 0 radical (unpaired) electrons. The van der Waals surface area contributed by atoms with Crippen molar-refractivity contribution in [1.29, 1.82) is 0 Å². The van der Waals surface area contributed by atoms with Crippen LogP contribution in [0.4, 0.5) is 4.39 Å². The van der Waals surface area contributed by atoms with Crippen molar-refractivity contribution in [2.24, 2.45) is 0 Å². The molecule has 1 atom stereocenters. The van der Waals surface area contributed by atoms with Gasteiger partial charge in [0.15, 0.2) is 17.3 Å². The van der Waals surface area contributed by atoms with Gasteiger partial charge in [0, 0.05) is 37.2 Å². The molecule has 2 aliphatic rings. The first-order valence-corrected chi connectivity index (χ1v) is 12.0. The molecule has 10 nitrogen and oxygen atoms in total. The third-order valence-electron chi connectivity index (χ3n) is 6.79. The van der Waals surface area contributed by atoms with E-state index in [4.69, 9.17) is 14.2 Å². The molecule has 0 aliphatic carbocycles. The molecule has 190 valence electrons. The zero-order valence-corrected chi connectivity index (χ0v) is 20.2. The van der Waals surface area contributed by atoms with Crippen LogP contribution in [-0.4, -0.2) is 63.7 Å². The Morgan fingerprint density at radius 1 is 1.16 bits per heavy atom. The lowest BCUT2D eigenvalue weighted by Gasteiger charge is -2.33. The van der Waals surface area contributed by atoms with E-state index >= 15 is 0 Å². The van der Waals surface area contributed by atoms with E-state index in [0.717, 1.165) is 22.9 Å². The number of hydrogen-bond donors (Lipinski definition) is 1. The second kappa shape index (κ2) is 9.75. The van der Waals surface area contributed by atoms with Crippen LogP contribution in [-0.2, 0) is 11.3 Å². The number of nitrogens with one attached hydrogen (secondary N) is 1. The number of benzene rings is 2. The summed E-state index contributed by atoms with van der Waals surface area (Å²) in [6, 6.07) is 11.5. The van der Waals surface area contributed by atoms with Crippen LogP contribution in [0.5, 0.6) is 11.5 Å². The molecular formula is C26H25FN6O4. The van der Waals surface area contributed by atoms with Crippen molar-refractivity contribution in [3.05, 3.63) is 81.7 Å². The highest BCUT2D eigenvalue weighted by Gasteiger charge is 2.32. The van der Waals surface area contributed by atoms with E-state index in [1.54, 1.807) is 30.0 Å². The monoisotopic (exact) mass is 504 g/mol. The Morgan fingerprint density at radius 3 is 2.73 bits per heavy atom. The van der Waals surface area contributed by atoms with Crippen molar-refractivity contribution in [2.45, 2.75) is 19.0 Å². The van der Waals surface area contributed by atoms with Gasteiger partial charge in [-0.1, -0.05) is 18.2 Å². The molecule has 1 N–H and O–H groups in total. The molecule has 4 heterocycles. The summed E-state index contributed by atoms with van der Waals surface area (Å²) in [5.74, 6) is 1.53. The minimum absolute atomic E-state index is 0.149. The predicted octanol–water partition coefficient (Wildman–Crippen LogP) is 2.91. The van der Waals surface area contributed by atoms with Gasteiger partial charge in [0.05, 0.1) is 18.7 Å². The van der Waals surface area contributed by atoms with Crippen molar-refractivity contribution in [2.75, 3.05) is 33.6 Å². The summed E-state index contributed by atoms with van der Waals surface area (Å²) < 4.78 is 31.3. The number of nitrogens with zero attached hydrogens (tertiary/aromatic N) is 5. The maximum absolute atomic E-state index is 13.4. The summed E-state index contributed by atoms with van der Waals surface area (Å²) in [6.45, 7) is 2.24. The van der Waals surface area contributed by atoms with E-state index in [-0.39, 0.29) is 18.2 Å². The van der Waals surface area contributed by atoms with Crippen molar-refractivity contribution >= 4 is 16.5 Å². The fourth-order valence-corrected chi connectivity index (χ4v) is 4.91. The van der Waals surface area contributed by atoms with Crippen LogP contribution < -0.4 is 15.0 Å². The molecule has 37 heavy (non-hydrogen) atoms. The van der Waals surface area contributed by atoms with Gasteiger partial charge in [-0.15, -0.1) is 5.10 Å². The van der Waals surface area contributed by atoms with E-state index in [9.17, 15) is 9.18 Å². The lowest BCUT2D eigenvalue weighted by atomic mass is 9.96. The summed E-state index contributed by atoms with van der Waals surface area (Å²) in [6.07, 6.45) is 2.84. The molecule has 0 amide bonds. The van der Waals surface area contributed by atoms with Gasteiger partial charge in [0.1, 0.15) is 11.9 Å². The first-order chi connectivity index (χ1) is 18.1. The van der Waals surface area contributed by atoms with E-state index in [1.165, 1.54) is 12.1 Å². The number of fused-ring (bicyclic) bond motifs is 2. The quantitative estimate of drug-likeness (QED) is 0.410. The number of aromatic nitrogens is 5. The Morgan fingerprint density at radius 2 is 1.97 bits per heavy atom. The van der Waals surface area contributed by atoms with Crippen LogP contribution >= 0.6 is 0 Å². The number of tetrazole rings is 1. The van der Waals surface area contributed by atoms with Crippen LogP contribution in [0, 0.1) is 5.82 Å². The third kappa shape index (κ3) is 4.47. The van der Waals surface area contributed by atoms with Gasteiger partial charge < -0.3 is 19.2 Å². The minimum Gasteiger partial charge on any atom is -0.454 e. The molecule has 0 fully saturated rings. The minimum atomic E-state index is -0.503. The van der Waals surface area contributed by atoms with Crippen LogP contribution in [0.25, 0.3) is 16.5 Å². The first-order valence-electron chi connectivity index (χ1n) is 12.0. The number of ether oxygens (including phenoxy) is 3. The number of halogens is 1. The molecule has 0 spiro atoms. The molecule has 1 unspecified atom stereocenters. The molecule has 2 aromatic heterocycles. The summed E-state index contributed by atoms with van der Waals surface area (Å²) in [5.41, 5.74) is 3.08. The number of pyridine rings is 1. The average Bonchev–Trinajstić information content (AvgIpc) is 3.57. The summed E-state index contributed by atoms with van der Waals surface area (Å²) >= 11 is 0. The van der Waals surface area contributed by atoms with Crippen molar-refractivity contribution < 1.29 is 18.6 Å². The zero-order chi connectivity index (χ0) is 25.4. The Labute approximate surface area is 211 Å². The fourth-order valence-electron chi connectivity index (χ4n) is 4.91. The topological polar surface area (TPSA) is 107 Å². The third-order valence-corrected chi connectivity index (χ3v) is 6.79. The smallest absolute Gasteiger partial charge is 0.253 e. The van der Waals surface area contributed by atoms with E-state index in [0.29, 0.717) is 54.6 Å². The van der Waals surface area contributed by atoms with Crippen molar-refractivity contribution in [3.63, 3.8) is 0 Å². The standard InChI is InChI=1S/C26H25FN6O4/c1-35-11-10-33-25(29-30-31-33)24(32-8-6-17(7-9-32)16-2-4-19(27)5-3-16)20-12-18-13-22-23(37-15-36-22)14-21(18)28-26(20)34/h2-6,12-14,24H,7-11,15H2,1H3,(H,28,34). The van der Waals surface area contributed by atoms with Gasteiger partial charge in [-0.2, -0.15) is 0 Å². The number of methoxy groups -OCH3 is 1. The maximum Gasteiger partial charge on any atom is 0.253 e. The molecular weight excluding hydrogens is 479 g/mol. The number of aromatic amines is 1. The first kappa shape index (κ1) is 23.3. The molecule has 2 aliphatic heterocycles. The lowest BCUT2D eigenvalue weighted by molar-refractivity contribution is 0.174. The van der Waals surface area contributed by atoms with E-state index < -0.39 is 6.04 Å². The lowest BCUT2D eigenvalue weighted by Crippen LogP contribution is -2.38. The number of rotatable bonds is 7. The van der Waals surface area contributed by atoms with Gasteiger partial charge in [-0.3, -0.25) is 9.69 Å². The van der Waals surface area contributed by atoms with Crippen LogP contribution in [0.3, 0.4) is 0 Å². The summed E-state index contributed by atoms with van der Waals surface area (Å²) in [5, 5.41) is 13.2. The van der Waals surface area contributed by atoms with Crippen LogP contribution in [0.1, 0.15) is 29.4 Å². The van der Waals surface area contributed by atoms with Crippen LogP contribution in [0.15, 0.2) is 53.3 Å². The highest BCUT2D eigenvalue weighted by Crippen LogP contribution is 2.37. The van der Waals surface area contributed by atoms with Gasteiger partial charge in [0.25, 0.3) is 5.56 Å². The predicted molar refractivity (Wildman–Crippen MR) is 133 cm³/mol. The average molecular weight is 505 g/mol. The van der Waals surface area contributed by atoms with Gasteiger partial charge in [-0.25, -0.2) is 9.07 Å². The largest absolute Gasteiger partial charge is 0.454 e. The Hall–Kier alpha value is -4.09. The number of hydrogen-bond acceptors (Lipinski definition) is 8. The molecule has 0 saturated heterocycles. The Kier molecular flexibility index (Phi) is 6.15. The molecule has 0 bridgehead atoms. The maximum atomic E-state index is 13.4. The molecule has 4 aromatic rings. The summed E-state index contributed by atoms with van der Waals surface area (Å²) in [4.78, 5) is 18.6. The molecule has 6 rings (SSSR count). The SMILES string of the molecule is COCCn1nnnc1C(c1cc2cc3c(cc2[nH]c1=O)OCO3)N1CC=C(c2ccc(F)cc2)CC1. The van der Waals surface area contributed by atoms with E-state index in [2.05, 4.69) is 31.5 Å². The van der Waals surface area contributed by atoms with Gasteiger partial charge >= 0.3 is 0 Å². The zero-order valence-electron chi connectivity index (χ0n) is 20.2. The highest BCUT2D eigenvalue weighted by atomic mass is 19.1.